The van der Waals surface area contributed by atoms with E-state index in [4.69, 9.17) is 0 Å². The van der Waals surface area contributed by atoms with Crippen molar-refractivity contribution in [3.8, 4) is 0 Å². The van der Waals surface area contributed by atoms with Crippen LogP contribution in [0, 0.1) is 0 Å². The van der Waals surface area contributed by atoms with Gasteiger partial charge in [-0.25, -0.2) is 0 Å². The summed E-state index contributed by atoms with van der Waals surface area (Å²) in [7, 11) is -1.68. The number of rotatable bonds is 4. The number of fused-ring (bicyclic) bond motifs is 1. The largest absolute Gasteiger partial charge is 0.373 e. The van der Waals surface area contributed by atoms with Gasteiger partial charge in [0.15, 0.2) is 8.24 Å². The summed E-state index contributed by atoms with van der Waals surface area (Å²) in [4.78, 5) is 0. The molecule has 1 aliphatic carbocycles. The van der Waals surface area contributed by atoms with Crippen LogP contribution in [0.2, 0.25) is 16.6 Å². The minimum Gasteiger partial charge on any atom is -0.373 e. The zero-order valence-corrected chi connectivity index (χ0v) is 16.2. The number of hydrogen-bond donors (Lipinski definition) is 0. The maximum atomic E-state index is 2.68. The molecule has 0 bridgehead atoms. The molecule has 1 heterocycles. The normalized spacial score (nSPS) is 22.2. The summed E-state index contributed by atoms with van der Waals surface area (Å²) >= 11 is 0. The Morgan fingerprint density at radius 1 is 0.864 bits per heavy atom. The zero-order valence-electron chi connectivity index (χ0n) is 15.2. The summed E-state index contributed by atoms with van der Waals surface area (Å²) in [5.41, 5.74) is 3.45. The van der Waals surface area contributed by atoms with E-state index >= 15 is 0 Å². The zero-order chi connectivity index (χ0) is 16.5. The third-order valence-electron chi connectivity index (χ3n) is 5.26. The topological polar surface area (TPSA) is 4.93 Å². The van der Waals surface area contributed by atoms with Crippen molar-refractivity contribution in [3.63, 3.8) is 0 Å². The molecule has 1 aromatic heterocycles. The quantitative estimate of drug-likeness (QED) is 0.717. The molecule has 120 valence electrons. The van der Waals surface area contributed by atoms with E-state index in [0.717, 1.165) is 0 Å². The molecule has 1 aromatic rings. The molecule has 0 saturated carbocycles. The van der Waals surface area contributed by atoms with Crippen molar-refractivity contribution in [1.29, 1.82) is 0 Å². The van der Waals surface area contributed by atoms with E-state index in [2.05, 4.69) is 95.3 Å². The van der Waals surface area contributed by atoms with E-state index in [1.807, 2.05) is 0 Å². The Kier molecular flexibility index (Phi) is 5.01. The third kappa shape index (κ3) is 2.69. The highest BCUT2D eigenvalue weighted by atomic mass is 28.3. The van der Waals surface area contributed by atoms with Gasteiger partial charge in [-0.1, -0.05) is 65.3 Å². The maximum absolute atomic E-state index is 2.68. The van der Waals surface area contributed by atoms with Crippen LogP contribution in [0.25, 0.3) is 12.2 Å². The molecule has 0 N–H and O–H groups in total. The lowest BCUT2D eigenvalue weighted by Crippen LogP contribution is -2.57. The summed E-state index contributed by atoms with van der Waals surface area (Å²) in [5.74, 6) is 0. The molecule has 0 amide bonds. The maximum Gasteiger partial charge on any atom is 0.169 e. The summed E-state index contributed by atoms with van der Waals surface area (Å²) in [6, 6.07) is 2.30. The fraction of sp³-hybridized carbons (Fsp3) is 0.500. The van der Waals surface area contributed by atoms with Crippen molar-refractivity contribution in [1.82, 2.24) is 4.23 Å². The molecule has 0 fully saturated rings. The highest BCUT2D eigenvalue weighted by molar-refractivity contribution is 6.82. The minimum absolute atomic E-state index is 0.712. The number of nitrogens with zero attached hydrogens (tertiary/aromatic N) is 1. The Morgan fingerprint density at radius 2 is 1.41 bits per heavy atom. The Morgan fingerprint density at radius 3 is 1.95 bits per heavy atom. The van der Waals surface area contributed by atoms with Gasteiger partial charge in [-0.05, 0) is 53.2 Å². The van der Waals surface area contributed by atoms with Gasteiger partial charge in [-0.3, -0.25) is 0 Å². The van der Waals surface area contributed by atoms with Crippen molar-refractivity contribution in [3.05, 3.63) is 46.6 Å². The van der Waals surface area contributed by atoms with Crippen LogP contribution in [-0.2, 0) is 0 Å². The monoisotopic (exact) mass is 313 g/mol. The molecular weight excluding hydrogens is 282 g/mol. The van der Waals surface area contributed by atoms with Crippen LogP contribution in [-0.4, -0.2) is 12.5 Å². The first-order valence-electron chi connectivity index (χ1n) is 8.56. The molecule has 0 aliphatic heterocycles. The first kappa shape index (κ1) is 17.1. The number of aromatic nitrogens is 1. The molecule has 1 nitrogen and oxygen atoms in total. The fourth-order valence-corrected chi connectivity index (χ4v) is 11.2. The first-order valence-corrected chi connectivity index (χ1v) is 10.7. The number of hydrogen-bond acceptors (Lipinski definition) is 0. The predicted octanol–water partition coefficient (Wildman–Crippen LogP) is 4.59. The standard InChI is InChI=1S/C20H31NSi/c1-15(2)22(16(3)4,17(5)6)21-13-12-19-14-18(7)10-8-9-11-20(19)21/h8-17H,1-7H3/b9-8+,10-8?,11-9?,18-10-,18-14?,19-14-,20-11-. The van der Waals surface area contributed by atoms with E-state index in [1.165, 1.54) is 16.1 Å². The van der Waals surface area contributed by atoms with E-state index < -0.39 is 8.24 Å². The lowest BCUT2D eigenvalue weighted by molar-refractivity contribution is 0.758. The fourth-order valence-electron chi connectivity index (χ4n) is 4.58. The van der Waals surface area contributed by atoms with Crippen molar-refractivity contribution in [2.45, 2.75) is 65.1 Å². The first-order chi connectivity index (χ1) is 10.3. The Balaban J connectivity index is 2.83. The molecule has 0 radical (unpaired) electrons. The average molecular weight is 314 g/mol. The lowest BCUT2D eigenvalue weighted by Gasteiger charge is -2.44. The van der Waals surface area contributed by atoms with Crippen LogP contribution in [0.4, 0.5) is 0 Å². The molecule has 2 heteroatoms. The van der Waals surface area contributed by atoms with Crippen LogP contribution in [0.3, 0.4) is 0 Å². The molecule has 0 spiro atoms. The molecule has 2 rings (SSSR count). The van der Waals surface area contributed by atoms with E-state index in [9.17, 15) is 0 Å². The van der Waals surface area contributed by atoms with Gasteiger partial charge < -0.3 is 4.23 Å². The highest BCUT2D eigenvalue weighted by Gasteiger charge is 2.45. The molecule has 1 aliphatic rings. The van der Waals surface area contributed by atoms with Crippen molar-refractivity contribution in [2.24, 2.45) is 0 Å². The van der Waals surface area contributed by atoms with Gasteiger partial charge in [0.05, 0.1) is 0 Å². The Bertz CT molecular complexity index is 677. The van der Waals surface area contributed by atoms with E-state index in [1.54, 1.807) is 0 Å². The molecule has 0 atom stereocenters. The van der Waals surface area contributed by atoms with Gasteiger partial charge >= 0.3 is 0 Å². The van der Waals surface area contributed by atoms with Gasteiger partial charge in [0.1, 0.15) is 0 Å². The minimum atomic E-state index is -1.68. The molecule has 0 unspecified atom stereocenters. The third-order valence-corrected chi connectivity index (χ3v) is 12.0. The number of allylic oxidation sites excluding steroid dienone is 4. The summed E-state index contributed by atoms with van der Waals surface area (Å²) < 4.78 is 2.68. The van der Waals surface area contributed by atoms with Gasteiger partial charge in [-0.2, -0.15) is 0 Å². The Labute approximate surface area is 136 Å². The Hall–Kier alpha value is -1.28. The molecule has 0 saturated heterocycles. The summed E-state index contributed by atoms with van der Waals surface area (Å²) in [6.07, 6.45) is 13.5. The van der Waals surface area contributed by atoms with Crippen molar-refractivity contribution < 1.29 is 0 Å². The van der Waals surface area contributed by atoms with Crippen molar-refractivity contribution >= 4 is 20.4 Å². The second-order valence-electron chi connectivity index (χ2n) is 7.48. The van der Waals surface area contributed by atoms with Crippen LogP contribution in [0.5, 0.6) is 0 Å². The molecular formula is C20H31NSi. The SMILES string of the molecule is CC1=C/C=C/C=c2/c(ccn2[Si](C(C)C)(C(C)C)C(C)C)=C\1. The van der Waals surface area contributed by atoms with Crippen LogP contribution in [0.1, 0.15) is 48.5 Å². The molecule has 0 aromatic carbocycles. The van der Waals surface area contributed by atoms with Crippen LogP contribution >= 0.6 is 0 Å². The highest BCUT2D eigenvalue weighted by Crippen LogP contribution is 2.41. The smallest absolute Gasteiger partial charge is 0.169 e. The van der Waals surface area contributed by atoms with Crippen LogP contribution in [0.15, 0.2) is 36.1 Å². The van der Waals surface area contributed by atoms with Gasteiger partial charge in [0.2, 0.25) is 0 Å². The van der Waals surface area contributed by atoms with Gasteiger partial charge in [0.25, 0.3) is 0 Å². The second-order valence-corrected chi connectivity index (χ2v) is 13.2. The van der Waals surface area contributed by atoms with E-state index in [-0.39, 0.29) is 0 Å². The van der Waals surface area contributed by atoms with E-state index in [0.29, 0.717) is 16.6 Å². The second kappa shape index (κ2) is 6.45. The molecule has 22 heavy (non-hydrogen) atoms. The van der Waals surface area contributed by atoms with Crippen molar-refractivity contribution in [2.75, 3.05) is 0 Å². The van der Waals surface area contributed by atoms with Gasteiger partial charge in [-0.15, -0.1) is 0 Å². The van der Waals surface area contributed by atoms with Gasteiger partial charge in [0, 0.05) is 5.35 Å². The average Bonchev–Trinajstić information content (AvgIpc) is 2.74. The summed E-state index contributed by atoms with van der Waals surface area (Å²) in [5, 5.41) is 2.75. The lowest BCUT2D eigenvalue weighted by atomic mass is 10.2. The van der Waals surface area contributed by atoms with Crippen LogP contribution < -0.4 is 10.6 Å². The predicted molar refractivity (Wildman–Crippen MR) is 102 cm³/mol. The summed E-state index contributed by atoms with van der Waals surface area (Å²) in [6.45, 7) is 16.7.